The van der Waals surface area contributed by atoms with Crippen LogP contribution in [0.1, 0.15) is 19.4 Å². The van der Waals surface area contributed by atoms with E-state index >= 15 is 0 Å². The van der Waals surface area contributed by atoms with Crippen molar-refractivity contribution >= 4 is 16.8 Å². The van der Waals surface area contributed by atoms with Gasteiger partial charge in [-0.05, 0) is 31.6 Å². The molecule has 0 aliphatic heterocycles. The molecule has 1 amide bonds. The van der Waals surface area contributed by atoms with Crippen molar-refractivity contribution in [2.45, 2.75) is 27.3 Å². The number of benzene rings is 1. The molecule has 0 spiro atoms. The Morgan fingerprint density at radius 1 is 1.30 bits per heavy atom. The Labute approximate surface area is 136 Å². The molecule has 1 N–H and O–H groups in total. The second kappa shape index (κ2) is 7.87. The molecule has 1 heterocycles. The number of likely N-dealkylation sites (N-methyl/N-ethyl adjacent to an activating group) is 1. The van der Waals surface area contributed by atoms with E-state index in [4.69, 9.17) is 0 Å². The van der Waals surface area contributed by atoms with Gasteiger partial charge in [0.25, 0.3) is 5.56 Å². The average Bonchev–Trinajstić information content (AvgIpc) is 2.55. The number of carbonyl (C=O) groups is 1. The number of para-hydroxylation sites is 1. The predicted octanol–water partition coefficient (Wildman–Crippen LogP) is 1.16. The molecule has 1 aromatic carbocycles. The van der Waals surface area contributed by atoms with E-state index in [2.05, 4.69) is 29.0 Å². The van der Waals surface area contributed by atoms with Crippen LogP contribution in [0.4, 0.5) is 0 Å². The Kier molecular flexibility index (Phi) is 5.87. The molecule has 2 rings (SSSR count). The number of fused-ring (bicyclic) bond motifs is 1. The highest BCUT2D eigenvalue weighted by Crippen LogP contribution is 2.10. The van der Waals surface area contributed by atoms with Crippen molar-refractivity contribution in [1.82, 2.24) is 19.8 Å². The molecule has 0 aliphatic rings. The topological polar surface area (TPSA) is 67.2 Å². The maximum Gasteiger partial charge on any atom is 0.261 e. The zero-order chi connectivity index (χ0) is 16.8. The van der Waals surface area contributed by atoms with Gasteiger partial charge in [-0.1, -0.05) is 26.0 Å². The second-order valence-electron chi connectivity index (χ2n) is 5.53. The molecule has 6 heteroatoms. The SMILES string of the molecule is CCN(CC)CCNC(=O)Cn1cnc2c(C)cccc2c1=O. The van der Waals surface area contributed by atoms with Crippen LogP contribution in [0.5, 0.6) is 0 Å². The molecule has 2 aromatic rings. The summed E-state index contributed by atoms with van der Waals surface area (Å²) in [5.41, 5.74) is 1.46. The summed E-state index contributed by atoms with van der Waals surface area (Å²) in [4.78, 5) is 31.0. The molecule has 124 valence electrons. The van der Waals surface area contributed by atoms with E-state index in [0.717, 1.165) is 25.2 Å². The number of amides is 1. The van der Waals surface area contributed by atoms with Crippen molar-refractivity contribution in [2.24, 2.45) is 0 Å². The van der Waals surface area contributed by atoms with Gasteiger partial charge in [0.1, 0.15) is 6.54 Å². The molecular weight excluding hydrogens is 292 g/mol. The van der Waals surface area contributed by atoms with Gasteiger partial charge in [0.2, 0.25) is 5.91 Å². The summed E-state index contributed by atoms with van der Waals surface area (Å²) in [5.74, 6) is -0.173. The van der Waals surface area contributed by atoms with Crippen molar-refractivity contribution in [1.29, 1.82) is 0 Å². The number of nitrogens with zero attached hydrogens (tertiary/aromatic N) is 3. The minimum atomic E-state index is -0.183. The second-order valence-corrected chi connectivity index (χ2v) is 5.53. The van der Waals surface area contributed by atoms with Gasteiger partial charge in [-0.15, -0.1) is 0 Å². The predicted molar refractivity (Wildman–Crippen MR) is 91.5 cm³/mol. The highest BCUT2D eigenvalue weighted by molar-refractivity contribution is 5.81. The van der Waals surface area contributed by atoms with Crippen molar-refractivity contribution in [2.75, 3.05) is 26.2 Å². The van der Waals surface area contributed by atoms with Gasteiger partial charge in [-0.3, -0.25) is 14.2 Å². The van der Waals surface area contributed by atoms with Crippen LogP contribution < -0.4 is 10.9 Å². The highest BCUT2D eigenvalue weighted by Gasteiger charge is 2.09. The smallest absolute Gasteiger partial charge is 0.261 e. The molecule has 0 radical (unpaired) electrons. The Morgan fingerprint density at radius 3 is 2.74 bits per heavy atom. The van der Waals surface area contributed by atoms with Gasteiger partial charge < -0.3 is 10.2 Å². The first-order valence-corrected chi connectivity index (χ1v) is 8.00. The Balaban J connectivity index is 2.03. The van der Waals surface area contributed by atoms with Crippen LogP contribution in [0.15, 0.2) is 29.3 Å². The van der Waals surface area contributed by atoms with Crippen LogP contribution in [-0.2, 0) is 11.3 Å². The minimum absolute atomic E-state index is 0.00599. The summed E-state index contributed by atoms with van der Waals surface area (Å²) in [6.45, 7) is 9.39. The van der Waals surface area contributed by atoms with Gasteiger partial charge in [0.05, 0.1) is 17.2 Å². The van der Waals surface area contributed by atoms with Gasteiger partial charge in [-0.2, -0.15) is 0 Å². The zero-order valence-electron chi connectivity index (χ0n) is 14.0. The van der Waals surface area contributed by atoms with Crippen molar-refractivity contribution in [3.05, 3.63) is 40.4 Å². The van der Waals surface area contributed by atoms with E-state index in [9.17, 15) is 9.59 Å². The van der Waals surface area contributed by atoms with Gasteiger partial charge >= 0.3 is 0 Å². The number of hydrogen-bond acceptors (Lipinski definition) is 4. The fraction of sp³-hybridized carbons (Fsp3) is 0.471. The number of rotatable bonds is 7. The molecule has 0 saturated heterocycles. The summed E-state index contributed by atoms with van der Waals surface area (Å²) in [5, 5.41) is 3.39. The molecule has 0 bridgehead atoms. The van der Waals surface area contributed by atoms with Crippen LogP contribution in [0.25, 0.3) is 10.9 Å². The van der Waals surface area contributed by atoms with Crippen LogP contribution in [0.3, 0.4) is 0 Å². The lowest BCUT2D eigenvalue weighted by atomic mass is 10.1. The van der Waals surface area contributed by atoms with Gasteiger partial charge in [0, 0.05) is 13.1 Å². The van der Waals surface area contributed by atoms with Crippen LogP contribution in [0, 0.1) is 6.92 Å². The first-order valence-electron chi connectivity index (χ1n) is 8.00. The van der Waals surface area contributed by atoms with Crippen molar-refractivity contribution in [3.8, 4) is 0 Å². The highest BCUT2D eigenvalue weighted by atomic mass is 16.2. The summed E-state index contributed by atoms with van der Waals surface area (Å²) in [6, 6.07) is 5.49. The molecule has 1 aromatic heterocycles. The lowest BCUT2D eigenvalue weighted by Gasteiger charge is -2.18. The van der Waals surface area contributed by atoms with Crippen molar-refractivity contribution < 1.29 is 4.79 Å². The lowest BCUT2D eigenvalue weighted by molar-refractivity contribution is -0.121. The Morgan fingerprint density at radius 2 is 2.04 bits per heavy atom. The van der Waals surface area contributed by atoms with E-state index in [0.29, 0.717) is 17.4 Å². The van der Waals surface area contributed by atoms with E-state index in [-0.39, 0.29) is 18.0 Å². The van der Waals surface area contributed by atoms with Crippen LogP contribution in [0.2, 0.25) is 0 Å². The molecule has 0 aliphatic carbocycles. The standard InChI is InChI=1S/C17H24N4O2/c1-4-20(5-2)10-9-18-15(22)11-21-12-19-16-13(3)7-6-8-14(16)17(21)23/h6-8,12H,4-5,9-11H2,1-3H3,(H,18,22). The minimum Gasteiger partial charge on any atom is -0.353 e. The summed E-state index contributed by atoms with van der Waals surface area (Å²) >= 11 is 0. The maximum atomic E-state index is 12.4. The molecule has 0 saturated carbocycles. The average molecular weight is 316 g/mol. The summed E-state index contributed by atoms with van der Waals surface area (Å²) < 4.78 is 1.36. The number of aromatic nitrogens is 2. The van der Waals surface area contributed by atoms with Gasteiger partial charge in [0.15, 0.2) is 0 Å². The fourth-order valence-corrected chi connectivity index (χ4v) is 2.55. The monoisotopic (exact) mass is 316 g/mol. The van der Waals surface area contributed by atoms with Crippen LogP contribution >= 0.6 is 0 Å². The number of aryl methyl sites for hydroxylation is 1. The normalized spacial score (nSPS) is 11.1. The molecule has 0 atom stereocenters. The quantitative estimate of drug-likeness (QED) is 0.832. The van der Waals surface area contributed by atoms with Crippen LogP contribution in [-0.4, -0.2) is 46.5 Å². The fourth-order valence-electron chi connectivity index (χ4n) is 2.55. The Bertz CT molecular complexity index is 735. The summed E-state index contributed by atoms with van der Waals surface area (Å²) in [6.07, 6.45) is 1.45. The third-order valence-corrected chi connectivity index (χ3v) is 4.01. The largest absolute Gasteiger partial charge is 0.353 e. The van der Waals surface area contributed by atoms with Crippen molar-refractivity contribution in [3.63, 3.8) is 0 Å². The summed E-state index contributed by atoms with van der Waals surface area (Å²) in [7, 11) is 0. The molecule has 6 nitrogen and oxygen atoms in total. The molecular formula is C17H24N4O2. The van der Waals surface area contributed by atoms with E-state index in [1.807, 2.05) is 19.1 Å². The number of hydrogen-bond donors (Lipinski definition) is 1. The maximum absolute atomic E-state index is 12.4. The zero-order valence-corrected chi connectivity index (χ0v) is 14.0. The van der Waals surface area contributed by atoms with Gasteiger partial charge in [-0.25, -0.2) is 4.98 Å². The lowest BCUT2D eigenvalue weighted by Crippen LogP contribution is -2.37. The number of carbonyl (C=O) groups excluding carboxylic acids is 1. The molecule has 0 unspecified atom stereocenters. The third kappa shape index (κ3) is 4.16. The first kappa shape index (κ1) is 17.1. The third-order valence-electron chi connectivity index (χ3n) is 4.01. The van der Waals surface area contributed by atoms with E-state index < -0.39 is 0 Å². The first-order chi connectivity index (χ1) is 11.1. The Hall–Kier alpha value is -2.21. The molecule has 0 fully saturated rings. The van der Waals surface area contributed by atoms with E-state index in [1.165, 1.54) is 10.9 Å². The molecule has 23 heavy (non-hydrogen) atoms. The number of nitrogens with one attached hydrogen (secondary N) is 1. The van der Waals surface area contributed by atoms with E-state index in [1.54, 1.807) is 6.07 Å².